The molecule has 4 rings (SSSR count). The summed E-state index contributed by atoms with van der Waals surface area (Å²) in [6, 6.07) is 9.46. The quantitative estimate of drug-likeness (QED) is 0.302. The number of fused-ring (bicyclic) bond motifs is 1. The van der Waals surface area contributed by atoms with Crippen molar-refractivity contribution in [3.8, 4) is 5.75 Å². The molecule has 0 spiro atoms. The smallest absolute Gasteiger partial charge is 0.309 e. The van der Waals surface area contributed by atoms with Gasteiger partial charge in [-0.05, 0) is 69.1 Å². The highest BCUT2D eigenvalue weighted by molar-refractivity contribution is 7.99. The number of pyridine rings is 1. The molecule has 1 aliphatic rings. The molecule has 6 nitrogen and oxygen atoms in total. The van der Waals surface area contributed by atoms with Crippen LogP contribution in [0.5, 0.6) is 5.75 Å². The summed E-state index contributed by atoms with van der Waals surface area (Å²) in [5.74, 6) is -1.40. The van der Waals surface area contributed by atoms with Gasteiger partial charge in [0.2, 0.25) is 0 Å². The van der Waals surface area contributed by atoms with E-state index in [2.05, 4.69) is 9.88 Å². The highest BCUT2D eigenvalue weighted by atomic mass is 35.5. The molecule has 0 aliphatic carbocycles. The Balaban J connectivity index is 1.37. The zero-order valence-corrected chi connectivity index (χ0v) is 22.0. The van der Waals surface area contributed by atoms with Crippen LogP contribution in [-0.4, -0.2) is 58.6 Å². The van der Waals surface area contributed by atoms with Crippen LogP contribution in [0, 0.1) is 17.0 Å². The number of nitrogens with zero attached hydrogens (tertiary/aromatic N) is 2. The number of hydrogen-bond donors (Lipinski definition) is 2. The monoisotopic (exact) mass is 550 g/mol. The van der Waals surface area contributed by atoms with E-state index >= 15 is 0 Å². The van der Waals surface area contributed by atoms with Gasteiger partial charge in [-0.1, -0.05) is 17.7 Å². The summed E-state index contributed by atoms with van der Waals surface area (Å²) in [6.07, 6.45) is 1.94. The van der Waals surface area contributed by atoms with Crippen LogP contribution in [-0.2, 0) is 4.79 Å². The van der Waals surface area contributed by atoms with Gasteiger partial charge >= 0.3 is 5.97 Å². The van der Waals surface area contributed by atoms with E-state index in [1.807, 2.05) is 0 Å². The van der Waals surface area contributed by atoms with Gasteiger partial charge in [-0.3, -0.25) is 9.78 Å². The van der Waals surface area contributed by atoms with Gasteiger partial charge in [-0.15, -0.1) is 11.8 Å². The lowest BCUT2D eigenvalue weighted by Gasteiger charge is -2.39. The number of aliphatic hydroxyl groups is 1. The summed E-state index contributed by atoms with van der Waals surface area (Å²) in [5.41, 5.74) is 0.230. The molecule has 0 bridgehead atoms. The summed E-state index contributed by atoms with van der Waals surface area (Å²) >= 11 is 7.66. The molecule has 3 aromatic rings. The minimum Gasteiger partial charge on any atom is -0.497 e. The highest BCUT2D eigenvalue weighted by Gasteiger charge is 2.41. The molecule has 0 radical (unpaired) electrons. The fraction of sp³-hybridized carbons (Fsp3) is 0.407. The Hall–Kier alpha value is -2.46. The predicted molar refractivity (Wildman–Crippen MR) is 140 cm³/mol. The van der Waals surface area contributed by atoms with Crippen LogP contribution >= 0.6 is 23.4 Å². The van der Waals surface area contributed by atoms with Crippen molar-refractivity contribution in [1.82, 2.24) is 9.88 Å². The maximum absolute atomic E-state index is 13.9. The number of carboxylic acids is 1. The van der Waals surface area contributed by atoms with Gasteiger partial charge < -0.3 is 19.8 Å². The van der Waals surface area contributed by atoms with Crippen LogP contribution in [0.2, 0.25) is 5.02 Å². The first-order valence-corrected chi connectivity index (χ1v) is 13.4. The molecule has 2 N–H and O–H groups in total. The number of benzene rings is 2. The third-order valence-corrected chi connectivity index (χ3v) is 8.46. The van der Waals surface area contributed by atoms with Gasteiger partial charge in [0, 0.05) is 34.3 Å². The van der Waals surface area contributed by atoms with Crippen molar-refractivity contribution in [2.45, 2.75) is 36.7 Å². The third-order valence-electron chi connectivity index (χ3n) is 7.15. The van der Waals surface area contributed by atoms with Crippen molar-refractivity contribution in [3.63, 3.8) is 0 Å². The summed E-state index contributed by atoms with van der Waals surface area (Å²) in [4.78, 5) is 19.1. The second kappa shape index (κ2) is 11.9. The number of thioether (sulfide) groups is 1. The molecule has 1 atom stereocenters. The third kappa shape index (κ3) is 6.17. The minimum absolute atomic E-state index is 0.233. The lowest BCUT2D eigenvalue weighted by molar-refractivity contribution is -0.153. The van der Waals surface area contributed by atoms with Gasteiger partial charge in [0.1, 0.15) is 5.75 Å². The van der Waals surface area contributed by atoms with Crippen LogP contribution < -0.4 is 4.74 Å². The van der Waals surface area contributed by atoms with E-state index in [9.17, 15) is 23.8 Å². The second-order valence-electron chi connectivity index (χ2n) is 9.28. The van der Waals surface area contributed by atoms with E-state index in [-0.39, 0.29) is 11.3 Å². The standard InChI is InChI=1S/C27H29ClF2N2O4S/c1-36-17-5-6-21-18(15-17)24(19(28)16-31-21)22(33)7-8-27(26(34)35)9-11-32(12-10-27)13-14-37-23-4-2-3-20(29)25(23)30/h2-6,15-16,22,33H,7-14H2,1H3,(H,34,35)/t22-/m0/s1. The Kier molecular flexibility index (Phi) is 8.90. The number of aliphatic carboxylic acids is 1. The Bertz CT molecular complexity index is 1270. The van der Waals surface area contributed by atoms with E-state index in [1.165, 1.54) is 24.0 Å². The number of hydrogen-bond acceptors (Lipinski definition) is 6. The van der Waals surface area contributed by atoms with E-state index in [1.54, 1.807) is 31.4 Å². The molecule has 10 heteroatoms. The number of piperidine rings is 1. The molecule has 0 saturated carbocycles. The van der Waals surface area contributed by atoms with Crippen molar-refractivity contribution >= 4 is 40.2 Å². The Morgan fingerprint density at radius 2 is 2.03 bits per heavy atom. The number of aromatic nitrogens is 1. The highest BCUT2D eigenvalue weighted by Crippen LogP contribution is 2.41. The van der Waals surface area contributed by atoms with Crippen molar-refractivity contribution in [3.05, 3.63) is 64.8 Å². The molecule has 0 amide bonds. The fourth-order valence-electron chi connectivity index (χ4n) is 4.85. The summed E-state index contributed by atoms with van der Waals surface area (Å²) in [5, 5.41) is 22.2. The average Bonchev–Trinajstić information content (AvgIpc) is 2.90. The van der Waals surface area contributed by atoms with Gasteiger partial charge in [0.25, 0.3) is 0 Å². The SMILES string of the molecule is COc1ccc2ncc(Cl)c([C@@H](O)CCC3(C(=O)O)CCN(CCSc4cccc(F)c4F)CC3)c2c1. The molecular weight excluding hydrogens is 522 g/mol. The van der Waals surface area contributed by atoms with E-state index in [0.717, 1.165) is 6.07 Å². The number of likely N-dealkylation sites (tertiary alicyclic amines) is 1. The molecule has 1 aliphatic heterocycles. The Morgan fingerprint density at radius 3 is 2.73 bits per heavy atom. The van der Waals surface area contributed by atoms with Crippen molar-refractivity contribution in [1.29, 1.82) is 0 Å². The van der Waals surface area contributed by atoms with Crippen LogP contribution in [0.4, 0.5) is 8.78 Å². The largest absolute Gasteiger partial charge is 0.497 e. The summed E-state index contributed by atoms with van der Waals surface area (Å²) in [7, 11) is 1.55. The Labute approximate surface area is 223 Å². The van der Waals surface area contributed by atoms with Crippen LogP contribution in [0.1, 0.15) is 37.4 Å². The molecule has 198 valence electrons. The molecule has 1 aromatic heterocycles. The molecule has 37 heavy (non-hydrogen) atoms. The summed E-state index contributed by atoms with van der Waals surface area (Å²) < 4.78 is 32.6. The number of halogens is 3. The van der Waals surface area contributed by atoms with Crippen LogP contribution in [0.3, 0.4) is 0 Å². The van der Waals surface area contributed by atoms with Crippen molar-refractivity contribution < 1.29 is 28.5 Å². The first-order valence-electron chi connectivity index (χ1n) is 12.1. The topological polar surface area (TPSA) is 82.9 Å². The number of aliphatic hydroxyl groups excluding tert-OH is 1. The van der Waals surface area contributed by atoms with Gasteiger partial charge in [0.05, 0.1) is 29.2 Å². The second-order valence-corrected chi connectivity index (χ2v) is 10.8. The lowest BCUT2D eigenvalue weighted by Crippen LogP contribution is -2.45. The van der Waals surface area contributed by atoms with Gasteiger partial charge in [-0.25, -0.2) is 8.78 Å². The Morgan fingerprint density at radius 1 is 1.27 bits per heavy atom. The van der Waals surface area contributed by atoms with Crippen molar-refractivity contribution in [2.75, 3.05) is 32.5 Å². The normalized spacial score (nSPS) is 16.6. The number of ether oxygens (including phenoxy) is 1. The first kappa shape index (κ1) is 27.6. The number of carbonyl (C=O) groups is 1. The summed E-state index contributed by atoms with van der Waals surface area (Å²) in [6.45, 7) is 1.79. The predicted octanol–water partition coefficient (Wildman–Crippen LogP) is 5.95. The van der Waals surface area contributed by atoms with E-state index in [0.29, 0.717) is 71.9 Å². The lowest BCUT2D eigenvalue weighted by atomic mass is 9.74. The molecule has 1 saturated heterocycles. The minimum atomic E-state index is -0.961. The maximum atomic E-state index is 13.9. The molecular formula is C27H29ClF2N2O4S. The van der Waals surface area contributed by atoms with Crippen LogP contribution in [0.25, 0.3) is 10.9 Å². The van der Waals surface area contributed by atoms with Gasteiger partial charge in [0.15, 0.2) is 11.6 Å². The maximum Gasteiger partial charge on any atom is 0.309 e. The first-order chi connectivity index (χ1) is 17.7. The van der Waals surface area contributed by atoms with Gasteiger partial charge in [-0.2, -0.15) is 0 Å². The molecule has 1 fully saturated rings. The van der Waals surface area contributed by atoms with E-state index < -0.39 is 29.1 Å². The molecule has 2 aromatic carbocycles. The fourth-order valence-corrected chi connectivity index (χ4v) is 6.09. The average molecular weight is 551 g/mol. The number of carboxylic acid groups (broad SMARTS) is 1. The zero-order chi connectivity index (χ0) is 26.6. The molecule has 0 unspecified atom stereocenters. The zero-order valence-electron chi connectivity index (χ0n) is 20.4. The van der Waals surface area contributed by atoms with E-state index in [4.69, 9.17) is 16.3 Å². The number of rotatable bonds is 10. The molecule has 2 heterocycles. The van der Waals surface area contributed by atoms with Crippen molar-refractivity contribution in [2.24, 2.45) is 5.41 Å². The van der Waals surface area contributed by atoms with Crippen LogP contribution in [0.15, 0.2) is 47.5 Å². The number of methoxy groups -OCH3 is 1.